The number of piperidine rings is 1. The Balaban J connectivity index is 1.39. The van der Waals surface area contributed by atoms with Gasteiger partial charge in [0.25, 0.3) is 5.56 Å². The van der Waals surface area contributed by atoms with Crippen LogP contribution in [0.4, 0.5) is 0 Å². The largest absolute Gasteiger partial charge is 0.462 e. The minimum atomic E-state index is -0.0656. The second-order valence-corrected chi connectivity index (χ2v) is 9.21. The molecular formula is C24H26N2O3S. The number of pyridine rings is 1. The molecule has 2 atom stereocenters. The van der Waals surface area contributed by atoms with Crippen LogP contribution in [0.25, 0.3) is 11.1 Å². The second-order valence-electron chi connectivity index (χ2n) is 8.34. The molecule has 1 fully saturated rings. The highest BCUT2D eigenvalue weighted by Gasteiger charge is 2.35. The molecule has 5 nitrogen and oxygen atoms in total. The number of aliphatic hydroxyl groups excluding tert-OH is 1. The van der Waals surface area contributed by atoms with Gasteiger partial charge in [-0.2, -0.15) is 0 Å². The van der Waals surface area contributed by atoms with Gasteiger partial charge in [0.15, 0.2) is 0 Å². The number of thioether (sulfide) groups is 1. The van der Waals surface area contributed by atoms with Gasteiger partial charge in [0.1, 0.15) is 18.1 Å². The monoisotopic (exact) mass is 422 g/mol. The fourth-order valence-corrected chi connectivity index (χ4v) is 5.39. The molecule has 1 saturated heterocycles. The first-order valence-electron chi connectivity index (χ1n) is 10.4. The molecule has 0 radical (unpaired) electrons. The molecule has 2 unspecified atom stereocenters. The smallest absolute Gasteiger partial charge is 0.258 e. The summed E-state index contributed by atoms with van der Waals surface area (Å²) in [5, 5.41) is 9.21. The molecule has 6 heteroatoms. The van der Waals surface area contributed by atoms with Gasteiger partial charge < -0.3 is 14.1 Å². The van der Waals surface area contributed by atoms with Crippen LogP contribution < -0.4 is 5.56 Å². The summed E-state index contributed by atoms with van der Waals surface area (Å²) >= 11 is 1.71. The third-order valence-electron chi connectivity index (χ3n) is 6.33. The third-order valence-corrected chi connectivity index (χ3v) is 7.08. The van der Waals surface area contributed by atoms with E-state index >= 15 is 0 Å². The highest BCUT2D eigenvalue weighted by molar-refractivity contribution is 7.98. The molecule has 2 aliphatic rings. The fraction of sp³-hybridized carbons (Fsp3) is 0.375. The lowest BCUT2D eigenvalue weighted by Gasteiger charge is -2.42. The van der Waals surface area contributed by atoms with Crippen molar-refractivity contribution in [3.8, 4) is 11.1 Å². The van der Waals surface area contributed by atoms with E-state index in [9.17, 15) is 9.90 Å². The summed E-state index contributed by atoms with van der Waals surface area (Å²) in [7, 11) is 0. The van der Waals surface area contributed by atoms with Crippen molar-refractivity contribution in [2.45, 2.75) is 36.9 Å². The van der Waals surface area contributed by atoms with Gasteiger partial charge >= 0.3 is 0 Å². The first kappa shape index (κ1) is 19.7. The number of rotatable bonds is 5. The van der Waals surface area contributed by atoms with Gasteiger partial charge in [-0.25, -0.2) is 0 Å². The van der Waals surface area contributed by atoms with Crippen LogP contribution in [0.15, 0.2) is 62.6 Å². The van der Waals surface area contributed by atoms with E-state index in [0.29, 0.717) is 17.6 Å². The molecule has 1 N–H and O–H groups in total. The predicted molar refractivity (Wildman–Crippen MR) is 119 cm³/mol. The number of hydrogen-bond donors (Lipinski definition) is 1. The maximum Gasteiger partial charge on any atom is 0.258 e. The zero-order valence-corrected chi connectivity index (χ0v) is 17.9. The van der Waals surface area contributed by atoms with E-state index in [0.717, 1.165) is 55.2 Å². The summed E-state index contributed by atoms with van der Waals surface area (Å²) in [6.45, 7) is 3.34. The Bertz CT molecular complexity index is 1100. The Hall–Kier alpha value is -2.28. The first-order chi connectivity index (χ1) is 14.6. The van der Waals surface area contributed by atoms with E-state index in [1.807, 2.05) is 34.9 Å². The average molecular weight is 423 g/mol. The topological polar surface area (TPSA) is 58.6 Å². The molecule has 0 spiro atoms. The van der Waals surface area contributed by atoms with Gasteiger partial charge in [0, 0.05) is 41.7 Å². The van der Waals surface area contributed by atoms with E-state index in [-0.39, 0.29) is 12.2 Å². The summed E-state index contributed by atoms with van der Waals surface area (Å²) in [6, 6.07) is 16.2. The number of aliphatic hydroxyl groups is 1. The lowest BCUT2D eigenvalue weighted by Crippen LogP contribution is -2.46. The van der Waals surface area contributed by atoms with Crippen molar-refractivity contribution in [1.82, 2.24) is 9.47 Å². The van der Waals surface area contributed by atoms with Crippen LogP contribution in [0, 0.1) is 5.92 Å². The van der Waals surface area contributed by atoms with Crippen molar-refractivity contribution >= 4 is 11.8 Å². The Morgan fingerprint density at radius 2 is 1.83 bits per heavy atom. The molecular weight excluding hydrogens is 396 g/mol. The minimum Gasteiger partial charge on any atom is -0.462 e. The van der Waals surface area contributed by atoms with E-state index in [1.165, 1.54) is 4.90 Å². The molecule has 4 heterocycles. The molecule has 0 amide bonds. The lowest BCUT2D eigenvalue weighted by atomic mass is 9.82. The third kappa shape index (κ3) is 3.64. The number of hydrogen-bond acceptors (Lipinski definition) is 5. The Morgan fingerprint density at radius 3 is 2.57 bits per heavy atom. The van der Waals surface area contributed by atoms with Gasteiger partial charge in [-0.05, 0) is 60.6 Å². The average Bonchev–Trinajstić information content (AvgIpc) is 3.22. The van der Waals surface area contributed by atoms with E-state index < -0.39 is 0 Å². The van der Waals surface area contributed by atoms with E-state index in [2.05, 4.69) is 29.4 Å². The molecule has 2 aromatic heterocycles. The standard InChI is InChI=1S/C24H26N2O3S/c1-30-21-6-2-17(3-7-21)22-8-9-23-18-10-16(12-26(23)24(22)28)11-25(13-18)14-19-4-5-20(15-27)29-19/h2-9,16,18,27H,10-15H2,1H3. The van der Waals surface area contributed by atoms with Crippen molar-refractivity contribution in [1.29, 1.82) is 0 Å². The van der Waals surface area contributed by atoms with Crippen LogP contribution in [0.3, 0.4) is 0 Å². The SMILES string of the molecule is CSc1ccc(-c2ccc3n(c2=O)CC2CC3CN(Cc3ccc(CO)o3)C2)cc1. The van der Waals surface area contributed by atoms with Crippen molar-refractivity contribution in [2.75, 3.05) is 19.3 Å². The molecule has 156 valence electrons. The molecule has 5 rings (SSSR count). The number of nitrogens with zero attached hydrogens (tertiary/aromatic N) is 2. The van der Waals surface area contributed by atoms with Crippen LogP contribution in [-0.2, 0) is 19.7 Å². The quantitative estimate of drug-likeness (QED) is 0.631. The summed E-state index contributed by atoms with van der Waals surface area (Å²) in [4.78, 5) is 16.9. The highest BCUT2D eigenvalue weighted by atomic mass is 32.2. The predicted octanol–water partition coefficient (Wildman–Crippen LogP) is 3.94. The number of fused-ring (bicyclic) bond motifs is 4. The minimum absolute atomic E-state index is 0.0656. The van der Waals surface area contributed by atoms with Crippen LogP contribution in [0.5, 0.6) is 0 Å². The van der Waals surface area contributed by atoms with Crippen LogP contribution in [-0.4, -0.2) is 33.9 Å². The molecule has 2 bridgehead atoms. The maximum absolute atomic E-state index is 13.3. The van der Waals surface area contributed by atoms with Crippen LogP contribution in [0.1, 0.15) is 29.6 Å². The number of furan rings is 1. The Kier molecular flexibility index (Phi) is 5.31. The number of aromatic nitrogens is 1. The number of benzene rings is 1. The van der Waals surface area contributed by atoms with Gasteiger partial charge in [-0.15, -0.1) is 11.8 Å². The molecule has 1 aromatic carbocycles. The summed E-state index contributed by atoms with van der Waals surface area (Å²) in [5.74, 6) is 2.33. The molecule has 0 saturated carbocycles. The first-order valence-corrected chi connectivity index (χ1v) is 11.7. The van der Waals surface area contributed by atoms with Crippen LogP contribution in [0.2, 0.25) is 0 Å². The molecule has 0 aliphatic carbocycles. The maximum atomic E-state index is 13.3. The number of likely N-dealkylation sites (tertiary alicyclic amines) is 1. The second kappa shape index (κ2) is 8.10. The van der Waals surface area contributed by atoms with Crippen LogP contribution >= 0.6 is 11.8 Å². The zero-order chi connectivity index (χ0) is 20.7. The molecule has 2 aliphatic heterocycles. The molecule has 3 aromatic rings. The highest BCUT2D eigenvalue weighted by Crippen LogP contribution is 2.36. The van der Waals surface area contributed by atoms with Gasteiger partial charge in [0.05, 0.1) is 6.54 Å². The van der Waals surface area contributed by atoms with E-state index in [4.69, 9.17) is 4.42 Å². The summed E-state index contributed by atoms with van der Waals surface area (Å²) in [6.07, 6.45) is 3.19. The van der Waals surface area contributed by atoms with Crippen molar-refractivity contribution in [3.05, 3.63) is 76.1 Å². The van der Waals surface area contributed by atoms with Gasteiger partial charge in [0.2, 0.25) is 0 Å². The summed E-state index contributed by atoms with van der Waals surface area (Å²) in [5.41, 5.74) is 3.06. The van der Waals surface area contributed by atoms with E-state index in [1.54, 1.807) is 11.8 Å². The summed E-state index contributed by atoms with van der Waals surface area (Å²) < 4.78 is 7.70. The molecule has 30 heavy (non-hydrogen) atoms. The van der Waals surface area contributed by atoms with Gasteiger partial charge in [-0.1, -0.05) is 12.1 Å². The zero-order valence-electron chi connectivity index (χ0n) is 17.1. The van der Waals surface area contributed by atoms with Crippen molar-refractivity contribution in [2.24, 2.45) is 5.92 Å². The van der Waals surface area contributed by atoms with Crippen molar-refractivity contribution in [3.63, 3.8) is 0 Å². The fourth-order valence-electron chi connectivity index (χ4n) is 4.98. The van der Waals surface area contributed by atoms with Crippen molar-refractivity contribution < 1.29 is 9.52 Å². The normalized spacial score (nSPS) is 20.9. The lowest BCUT2D eigenvalue weighted by molar-refractivity contribution is 0.106. The van der Waals surface area contributed by atoms with Gasteiger partial charge in [-0.3, -0.25) is 9.69 Å². The Morgan fingerprint density at radius 1 is 1.03 bits per heavy atom. The Labute approximate surface area is 180 Å².